The van der Waals surface area contributed by atoms with Crippen LogP contribution in [-0.2, 0) is 9.59 Å². The van der Waals surface area contributed by atoms with Crippen LogP contribution in [0.1, 0.15) is 89.9 Å². The van der Waals surface area contributed by atoms with Crippen molar-refractivity contribution < 1.29 is 19.8 Å². The smallest absolute Gasteiger partial charge is 0.550 e. The van der Waals surface area contributed by atoms with Gasteiger partial charge in [0.25, 0.3) is 0 Å². The number of carboxylic acid groups (broad SMARTS) is 2. The molecular weight excluding hydrogens is 488 g/mol. The summed E-state index contributed by atoms with van der Waals surface area (Å²) < 4.78 is 0. The monoisotopic (exact) mass is 534 g/mol. The SMILES string of the molecule is C=CC/C=C/C/C=C/C/C=C/CCCCC(=O)[O-].C=CC/C=C/C/C=C/C/C=C/CCCCC(=O)[O-].[Ca+2]. The Hall–Kier alpha value is -1.88. The molecule has 0 aliphatic heterocycles. The van der Waals surface area contributed by atoms with Gasteiger partial charge in [0.05, 0.1) is 0 Å². The van der Waals surface area contributed by atoms with E-state index in [1.807, 2.05) is 12.2 Å². The van der Waals surface area contributed by atoms with Crippen LogP contribution < -0.4 is 10.2 Å². The molecule has 0 aliphatic rings. The maximum atomic E-state index is 10.2. The summed E-state index contributed by atoms with van der Waals surface area (Å²) in [6, 6.07) is 0. The van der Waals surface area contributed by atoms with E-state index in [-0.39, 0.29) is 50.6 Å². The van der Waals surface area contributed by atoms with Crippen molar-refractivity contribution >= 4 is 49.7 Å². The summed E-state index contributed by atoms with van der Waals surface area (Å²) in [5, 5.41) is 20.3. The zero-order chi connectivity index (χ0) is 27.0. The second kappa shape index (κ2) is 36.3. The summed E-state index contributed by atoms with van der Waals surface area (Å²) in [7, 11) is 0. The molecule has 0 aromatic heterocycles. The number of hydrogen-bond donors (Lipinski definition) is 0. The van der Waals surface area contributed by atoms with Gasteiger partial charge in [-0.1, -0.05) is 85.1 Å². The molecular formula is C32H46CaO4. The van der Waals surface area contributed by atoms with Crippen LogP contribution in [0.4, 0.5) is 0 Å². The van der Waals surface area contributed by atoms with Gasteiger partial charge in [-0.25, -0.2) is 0 Å². The summed E-state index contributed by atoms with van der Waals surface area (Å²) >= 11 is 0. The average molecular weight is 535 g/mol. The van der Waals surface area contributed by atoms with Gasteiger partial charge in [0.1, 0.15) is 0 Å². The largest absolute Gasteiger partial charge is 2.00 e. The van der Waals surface area contributed by atoms with Crippen molar-refractivity contribution in [1.82, 2.24) is 0 Å². The van der Waals surface area contributed by atoms with Crippen molar-refractivity contribution in [2.75, 3.05) is 0 Å². The molecule has 0 spiro atoms. The standard InChI is InChI=1S/2C16H24O2.Ca/c2*1-2-3-4-5-6-7-8-9-10-11-12-13-14-15-16(17)18;/h2*2,4-5,7-8,10-11H,1,3,6,9,12-15H2,(H,17,18);/q;;+2/p-2/b2*5-4+,8-7+,11-10+;. The van der Waals surface area contributed by atoms with Gasteiger partial charge in [0, 0.05) is 11.9 Å². The summed E-state index contributed by atoms with van der Waals surface area (Å²) in [5.41, 5.74) is 0. The molecule has 0 atom stereocenters. The molecule has 4 nitrogen and oxygen atoms in total. The van der Waals surface area contributed by atoms with Crippen molar-refractivity contribution in [2.45, 2.75) is 89.9 Å². The fraction of sp³-hybridized carbons (Fsp3) is 0.438. The molecule has 0 N–H and O–H groups in total. The zero-order valence-electron chi connectivity index (χ0n) is 22.7. The minimum absolute atomic E-state index is 0. The molecule has 0 fully saturated rings. The minimum atomic E-state index is -0.952. The van der Waals surface area contributed by atoms with Gasteiger partial charge in [-0.15, -0.1) is 13.2 Å². The predicted molar refractivity (Wildman–Crippen MR) is 156 cm³/mol. The van der Waals surface area contributed by atoms with E-state index in [1.54, 1.807) is 0 Å². The van der Waals surface area contributed by atoms with Crippen molar-refractivity contribution in [2.24, 2.45) is 0 Å². The molecule has 0 aromatic carbocycles. The van der Waals surface area contributed by atoms with Crippen LogP contribution >= 0.6 is 0 Å². The van der Waals surface area contributed by atoms with E-state index in [0.717, 1.165) is 64.2 Å². The molecule has 0 unspecified atom stereocenters. The first kappa shape index (κ1) is 39.6. The topological polar surface area (TPSA) is 80.3 Å². The Morgan fingerprint density at radius 3 is 1.00 bits per heavy atom. The van der Waals surface area contributed by atoms with Crippen LogP contribution in [0, 0.1) is 0 Å². The van der Waals surface area contributed by atoms with Gasteiger partial charge in [-0.3, -0.25) is 0 Å². The summed E-state index contributed by atoms with van der Waals surface area (Å²) in [4.78, 5) is 20.3. The Bertz CT molecular complexity index is 665. The summed E-state index contributed by atoms with van der Waals surface area (Å²) in [6.45, 7) is 7.29. The van der Waals surface area contributed by atoms with Gasteiger partial charge in [0.2, 0.25) is 0 Å². The Morgan fingerprint density at radius 2 is 0.730 bits per heavy atom. The molecule has 0 aromatic rings. The van der Waals surface area contributed by atoms with Crippen LogP contribution in [0.15, 0.2) is 98.2 Å². The first-order valence-electron chi connectivity index (χ1n) is 13.1. The maximum absolute atomic E-state index is 10.2. The van der Waals surface area contributed by atoms with E-state index < -0.39 is 11.9 Å². The Morgan fingerprint density at radius 1 is 0.459 bits per heavy atom. The first-order valence-corrected chi connectivity index (χ1v) is 13.1. The third kappa shape index (κ3) is 44.5. The number of carbonyl (C=O) groups is 2. The van der Waals surface area contributed by atoms with Gasteiger partial charge in [0.15, 0.2) is 0 Å². The number of unbranched alkanes of at least 4 members (excludes halogenated alkanes) is 4. The van der Waals surface area contributed by atoms with E-state index in [2.05, 4.69) is 86.1 Å². The second-order valence-electron chi connectivity index (χ2n) is 8.06. The molecule has 0 heterocycles. The van der Waals surface area contributed by atoms with Crippen LogP contribution in [0.5, 0.6) is 0 Å². The van der Waals surface area contributed by atoms with Gasteiger partial charge in [-0.2, -0.15) is 0 Å². The Kier molecular flexibility index (Phi) is 38.9. The molecule has 0 aliphatic carbocycles. The van der Waals surface area contributed by atoms with E-state index in [1.165, 1.54) is 0 Å². The molecule has 0 saturated carbocycles. The fourth-order valence-corrected chi connectivity index (χ4v) is 2.77. The number of aliphatic carboxylic acids is 2. The third-order valence-corrected chi connectivity index (χ3v) is 4.70. The Labute approximate surface area is 256 Å². The molecule has 37 heavy (non-hydrogen) atoms. The van der Waals surface area contributed by atoms with E-state index in [4.69, 9.17) is 0 Å². The quantitative estimate of drug-likeness (QED) is 0.0932. The maximum Gasteiger partial charge on any atom is 2.00 e. The van der Waals surface area contributed by atoms with E-state index in [0.29, 0.717) is 12.8 Å². The summed E-state index contributed by atoms with van der Waals surface area (Å²) in [5.74, 6) is -1.90. The third-order valence-electron chi connectivity index (χ3n) is 4.70. The van der Waals surface area contributed by atoms with Crippen molar-refractivity contribution in [3.05, 3.63) is 98.2 Å². The summed E-state index contributed by atoms with van der Waals surface area (Å²) in [6.07, 6.45) is 40.3. The minimum Gasteiger partial charge on any atom is -0.550 e. The van der Waals surface area contributed by atoms with Gasteiger partial charge < -0.3 is 19.8 Å². The van der Waals surface area contributed by atoms with Crippen LogP contribution in [0.25, 0.3) is 0 Å². The number of allylic oxidation sites excluding steroid dienone is 14. The van der Waals surface area contributed by atoms with Gasteiger partial charge in [-0.05, 0) is 89.9 Å². The fourth-order valence-electron chi connectivity index (χ4n) is 2.77. The van der Waals surface area contributed by atoms with Crippen LogP contribution in [0.2, 0.25) is 0 Å². The molecule has 0 rings (SSSR count). The molecule has 0 radical (unpaired) electrons. The number of carboxylic acids is 2. The van der Waals surface area contributed by atoms with Crippen molar-refractivity contribution in [1.29, 1.82) is 0 Å². The zero-order valence-corrected chi connectivity index (χ0v) is 24.9. The van der Waals surface area contributed by atoms with Crippen LogP contribution in [0.3, 0.4) is 0 Å². The first-order chi connectivity index (χ1) is 17.5. The molecule has 5 heteroatoms. The number of rotatable bonds is 22. The average Bonchev–Trinajstić information content (AvgIpc) is 2.85. The number of hydrogen-bond acceptors (Lipinski definition) is 4. The number of carbonyl (C=O) groups excluding carboxylic acids is 2. The molecule has 0 bridgehead atoms. The predicted octanol–water partition coefficient (Wildman–Crippen LogP) is 6.26. The molecule has 0 saturated heterocycles. The van der Waals surface area contributed by atoms with E-state index in [9.17, 15) is 19.8 Å². The van der Waals surface area contributed by atoms with E-state index >= 15 is 0 Å². The van der Waals surface area contributed by atoms with Crippen molar-refractivity contribution in [3.8, 4) is 0 Å². The molecule has 0 amide bonds. The normalized spacial score (nSPS) is 11.5. The van der Waals surface area contributed by atoms with Gasteiger partial charge >= 0.3 is 37.7 Å². The molecule has 200 valence electrons. The Balaban J connectivity index is -0.000000608. The van der Waals surface area contributed by atoms with Crippen LogP contribution in [-0.4, -0.2) is 49.7 Å². The second-order valence-corrected chi connectivity index (χ2v) is 8.06. The van der Waals surface area contributed by atoms with Crippen molar-refractivity contribution in [3.63, 3.8) is 0 Å².